The Balaban J connectivity index is 2.03. The number of carbonyl (C=O) groups excluding carboxylic acids is 2. The number of cyclic esters (lactones) is 1. The van der Waals surface area contributed by atoms with Gasteiger partial charge in [0.2, 0.25) is 5.91 Å². The van der Waals surface area contributed by atoms with Gasteiger partial charge in [-0.15, -0.1) is 0 Å². The molecule has 2 saturated heterocycles. The maximum absolute atomic E-state index is 14.7. The van der Waals surface area contributed by atoms with Crippen LogP contribution in [0.15, 0.2) is 24.3 Å². The summed E-state index contributed by atoms with van der Waals surface area (Å²) in [4.78, 5) is 38.0. The molecule has 9 nitrogen and oxygen atoms in total. The van der Waals surface area contributed by atoms with E-state index in [0.29, 0.717) is 6.54 Å². The molecule has 0 aliphatic carbocycles. The number of carbonyl (C=O) groups is 3. The van der Waals surface area contributed by atoms with Crippen molar-refractivity contribution in [3.63, 3.8) is 0 Å². The molecule has 27 heavy (non-hydrogen) atoms. The first kappa shape index (κ1) is 18.9. The van der Waals surface area contributed by atoms with Gasteiger partial charge in [0.05, 0.1) is 13.1 Å². The van der Waals surface area contributed by atoms with Gasteiger partial charge in [-0.25, -0.2) is 14.0 Å². The van der Waals surface area contributed by atoms with Gasteiger partial charge in [0.1, 0.15) is 11.9 Å². The molecule has 2 fully saturated rings. The highest BCUT2D eigenvalue weighted by molar-refractivity contribution is 5.75. The van der Waals surface area contributed by atoms with Crippen LogP contribution in [0.3, 0.4) is 0 Å². The second kappa shape index (κ2) is 7.39. The standard InChI is InChI=1S/C17H21FN4O5/c1-11(23)20-8-12-9-22(16(26)27-12)17(13-4-2-3-5-14(13)18)10-19-6-7-21(17)15(24)25/h2-5,12,19H,6-10H2,1H3,(H,20,23)(H,24,25). The Labute approximate surface area is 155 Å². The van der Waals surface area contributed by atoms with Crippen molar-refractivity contribution in [3.8, 4) is 0 Å². The van der Waals surface area contributed by atoms with E-state index in [4.69, 9.17) is 4.74 Å². The zero-order valence-corrected chi connectivity index (χ0v) is 14.8. The summed E-state index contributed by atoms with van der Waals surface area (Å²) in [6, 6.07) is 5.77. The van der Waals surface area contributed by atoms with Crippen LogP contribution in [0.4, 0.5) is 14.0 Å². The van der Waals surface area contributed by atoms with Crippen LogP contribution in [-0.4, -0.2) is 71.8 Å². The predicted molar refractivity (Wildman–Crippen MR) is 91.3 cm³/mol. The van der Waals surface area contributed by atoms with E-state index in [-0.39, 0.29) is 37.6 Å². The number of hydrogen-bond acceptors (Lipinski definition) is 5. The van der Waals surface area contributed by atoms with Crippen molar-refractivity contribution in [2.45, 2.75) is 18.7 Å². The van der Waals surface area contributed by atoms with Crippen LogP contribution < -0.4 is 10.6 Å². The van der Waals surface area contributed by atoms with Crippen LogP contribution in [0.1, 0.15) is 12.5 Å². The zero-order chi connectivity index (χ0) is 19.6. The fourth-order valence-electron chi connectivity index (χ4n) is 3.59. The van der Waals surface area contributed by atoms with Crippen LogP contribution in [-0.2, 0) is 15.2 Å². The van der Waals surface area contributed by atoms with Crippen LogP contribution >= 0.6 is 0 Å². The summed E-state index contributed by atoms with van der Waals surface area (Å²) < 4.78 is 20.0. The highest BCUT2D eigenvalue weighted by Crippen LogP contribution is 2.38. The third-order valence-electron chi connectivity index (χ3n) is 4.77. The SMILES string of the molecule is CC(=O)NCC1CN(C2(c3ccccc3F)CNCCN2C(=O)O)C(=O)O1. The van der Waals surface area contributed by atoms with Gasteiger partial charge in [-0.2, -0.15) is 0 Å². The molecule has 0 aromatic heterocycles. The number of nitrogens with zero attached hydrogens (tertiary/aromatic N) is 2. The molecule has 1 aromatic carbocycles. The van der Waals surface area contributed by atoms with E-state index in [1.807, 2.05) is 0 Å². The number of amides is 3. The van der Waals surface area contributed by atoms with Crippen LogP contribution in [0.25, 0.3) is 0 Å². The van der Waals surface area contributed by atoms with Crippen LogP contribution in [0.2, 0.25) is 0 Å². The number of piperazine rings is 1. The predicted octanol–water partition coefficient (Wildman–Crippen LogP) is 0.519. The number of rotatable bonds is 4. The van der Waals surface area contributed by atoms with Crippen molar-refractivity contribution in [1.29, 1.82) is 0 Å². The molecule has 3 amide bonds. The first-order chi connectivity index (χ1) is 12.9. The topological polar surface area (TPSA) is 111 Å². The Kier molecular flexibility index (Phi) is 5.17. The lowest BCUT2D eigenvalue weighted by molar-refractivity contribution is -0.119. The Bertz CT molecular complexity index is 761. The molecule has 0 spiro atoms. The van der Waals surface area contributed by atoms with Gasteiger partial charge in [0.25, 0.3) is 0 Å². The van der Waals surface area contributed by atoms with E-state index in [1.54, 1.807) is 6.07 Å². The smallest absolute Gasteiger partial charge is 0.412 e. The van der Waals surface area contributed by atoms with E-state index < -0.39 is 29.8 Å². The minimum atomic E-state index is -1.59. The molecule has 146 valence electrons. The molecule has 2 unspecified atom stereocenters. The monoisotopic (exact) mass is 380 g/mol. The number of carboxylic acid groups (broad SMARTS) is 1. The second-order valence-electron chi connectivity index (χ2n) is 6.46. The minimum Gasteiger partial charge on any atom is -0.465 e. The van der Waals surface area contributed by atoms with Crippen molar-refractivity contribution in [2.24, 2.45) is 0 Å². The Morgan fingerprint density at radius 1 is 1.44 bits per heavy atom. The molecule has 3 N–H and O–H groups in total. The van der Waals surface area contributed by atoms with Crippen molar-refractivity contribution < 1.29 is 28.6 Å². The molecular weight excluding hydrogens is 359 g/mol. The normalized spacial score (nSPS) is 25.3. The average molecular weight is 380 g/mol. The van der Waals surface area contributed by atoms with E-state index in [2.05, 4.69) is 10.6 Å². The molecular formula is C17H21FN4O5. The molecule has 10 heteroatoms. The maximum Gasteiger partial charge on any atom is 0.412 e. The summed E-state index contributed by atoms with van der Waals surface area (Å²) >= 11 is 0. The van der Waals surface area contributed by atoms with Gasteiger partial charge >= 0.3 is 12.2 Å². The molecule has 2 aliphatic rings. The summed E-state index contributed by atoms with van der Waals surface area (Å²) in [5.41, 5.74) is -1.52. The number of benzene rings is 1. The number of nitrogens with one attached hydrogen (secondary N) is 2. The van der Waals surface area contributed by atoms with Crippen LogP contribution in [0.5, 0.6) is 0 Å². The fourth-order valence-corrected chi connectivity index (χ4v) is 3.59. The average Bonchev–Trinajstić information content (AvgIpc) is 3.01. The number of hydrogen-bond donors (Lipinski definition) is 3. The summed E-state index contributed by atoms with van der Waals surface area (Å²) in [6.07, 6.45) is -2.69. The first-order valence-corrected chi connectivity index (χ1v) is 8.55. The molecule has 2 aliphatic heterocycles. The summed E-state index contributed by atoms with van der Waals surface area (Å²) in [7, 11) is 0. The molecule has 2 atom stereocenters. The lowest BCUT2D eigenvalue weighted by Crippen LogP contribution is -2.69. The number of halogens is 1. The zero-order valence-electron chi connectivity index (χ0n) is 14.8. The lowest BCUT2D eigenvalue weighted by Gasteiger charge is -2.50. The Morgan fingerprint density at radius 2 is 2.19 bits per heavy atom. The van der Waals surface area contributed by atoms with Crippen molar-refractivity contribution >= 4 is 18.1 Å². The van der Waals surface area contributed by atoms with E-state index in [1.165, 1.54) is 30.0 Å². The maximum atomic E-state index is 14.7. The first-order valence-electron chi connectivity index (χ1n) is 8.55. The molecule has 3 rings (SSSR count). The van der Waals surface area contributed by atoms with E-state index >= 15 is 0 Å². The summed E-state index contributed by atoms with van der Waals surface area (Å²) in [6.45, 7) is 1.91. The highest BCUT2D eigenvalue weighted by Gasteiger charge is 2.55. The molecule has 2 heterocycles. The Morgan fingerprint density at radius 3 is 2.85 bits per heavy atom. The van der Waals surface area contributed by atoms with Gasteiger partial charge in [0, 0.05) is 32.1 Å². The number of ether oxygens (including phenoxy) is 1. The minimum absolute atomic E-state index is 0.0128. The summed E-state index contributed by atoms with van der Waals surface area (Å²) in [5, 5.41) is 15.4. The van der Waals surface area contributed by atoms with Crippen LogP contribution in [0, 0.1) is 5.82 Å². The van der Waals surface area contributed by atoms with Gasteiger partial charge in [-0.05, 0) is 6.07 Å². The van der Waals surface area contributed by atoms with Gasteiger partial charge in [0.15, 0.2) is 5.66 Å². The quantitative estimate of drug-likeness (QED) is 0.702. The molecule has 0 saturated carbocycles. The van der Waals surface area contributed by atoms with Crippen molar-refractivity contribution in [3.05, 3.63) is 35.6 Å². The van der Waals surface area contributed by atoms with Gasteiger partial charge < -0.3 is 20.5 Å². The fraction of sp³-hybridized carbons (Fsp3) is 0.471. The van der Waals surface area contributed by atoms with Gasteiger partial charge in [-0.3, -0.25) is 14.6 Å². The second-order valence-corrected chi connectivity index (χ2v) is 6.46. The van der Waals surface area contributed by atoms with Crippen molar-refractivity contribution in [1.82, 2.24) is 20.4 Å². The highest BCUT2D eigenvalue weighted by atomic mass is 19.1. The molecule has 1 aromatic rings. The van der Waals surface area contributed by atoms with E-state index in [0.717, 1.165) is 4.90 Å². The van der Waals surface area contributed by atoms with E-state index in [9.17, 15) is 23.9 Å². The third-order valence-corrected chi connectivity index (χ3v) is 4.77. The molecule has 0 bridgehead atoms. The Hall–Kier alpha value is -2.88. The van der Waals surface area contributed by atoms with Crippen molar-refractivity contribution in [2.75, 3.05) is 32.7 Å². The lowest BCUT2D eigenvalue weighted by atomic mass is 9.92. The third kappa shape index (κ3) is 3.39. The largest absolute Gasteiger partial charge is 0.465 e. The molecule has 0 radical (unpaired) electrons. The summed E-state index contributed by atoms with van der Waals surface area (Å²) in [5.74, 6) is -0.898. The van der Waals surface area contributed by atoms with Gasteiger partial charge in [-0.1, -0.05) is 18.2 Å².